The molecule has 2 rings (SSSR count). The van der Waals surface area contributed by atoms with Crippen LogP contribution >= 0.6 is 0 Å². The Balaban J connectivity index is 2.36. The number of para-hydroxylation sites is 1. The summed E-state index contributed by atoms with van der Waals surface area (Å²) in [7, 11) is 0. The molecule has 0 aromatic heterocycles. The maximum atomic E-state index is 5.51. The van der Waals surface area contributed by atoms with Crippen molar-refractivity contribution in [3.8, 4) is 0 Å². The Morgan fingerprint density at radius 1 is 1.29 bits per heavy atom. The molecular formula is C11H13N3. The molecule has 72 valence electrons. The molecule has 0 fully saturated rings. The fourth-order valence-electron chi connectivity index (χ4n) is 1.45. The van der Waals surface area contributed by atoms with E-state index in [1.165, 1.54) is 0 Å². The molecule has 0 spiro atoms. The van der Waals surface area contributed by atoms with E-state index in [4.69, 9.17) is 5.73 Å². The Morgan fingerprint density at radius 3 is 3.00 bits per heavy atom. The topological polar surface area (TPSA) is 50.4 Å². The normalized spacial score (nSPS) is 13.9. The van der Waals surface area contributed by atoms with Crippen molar-refractivity contribution in [3.05, 3.63) is 35.4 Å². The van der Waals surface area contributed by atoms with E-state index in [1.807, 2.05) is 24.4 Å². The van der Waals surface area contributed by atoms with Gasteiger partial charge < -0.3 is 5.73 Å². The highest BCUT2D eigenvalue weighted by atomic mass is 15.3. The molecule has 0 saturated carbocycles. The maximum absolute atomic E-state index is 5.51. The van der Waals surface area contributed by atoms with Crippen molar-refractivity contribution in [1.82, 2.24) is 0 Å². The highest BCUT2D eigenvalue weighted by Crippen LogP contribution is 2.20. The summed E-state index contributed by atoms with van der Waals surface area (Å²) < 4.78 is 0. The number of benzene rings is 1. The number of fused-ring (bicyclic) bond motifs is 1. The summed E-state index contributed by atoms with van der Waals surface area (Å²) in [6.07, 6.45) is 4.80. The lowest BCUT2D eigenvalue weighted by atomic mass is 10.1. The van der Waals surface area contributed by atoms with Gasteiger partial charge in [0.15, 0.2) is 0 Å². The van der Waals surface area contributed by atoms with Crippen LogP contribution in [0.2, 0.25) is 0 Å². The summed E-state index contributed by atoms with van der Waals surface area (Å²) in [6.45, 7) is 0.653. The summed E-state index contributed by atoms with van der Waals surface area (Å²) in [4.78, 5) is 0. The first kappa shape index (κ1) is 8.97. The van der Waals surface area contributed by atoms with Crippen LogP contribution in [-0.2, 0) is 0 Å². The number of hydrogen-bond acceptors (Lipinski definition) is 3. The molecule has 1 aliphatic rings. The molecule has 0 aliphatic carbocycles. The molecule has 1 aliphatic heterocycles. The van der Waals surface area contributed by atoms with E-state index in [2.05, 4.69) is 22.7 Å². The Bertz CT molecular complexity index is 380. The molecule has 0 saturated heterocycles. The monoisotopic (exact) mass is 187 g/mol. The summed E-state index contributed by atoms with van der Waals surface area (Å²) in [5.74, 6) is 0. The van der Waals surface area contributed by atoms with Crippen LogP contribution in [0.3, 0.4) is 0 Å². The first-order chi connectivity index (χ1) is 6.90. The largest absolute Gasteiger partial charge is 0.330 e. The van der Waals surface area contributed by atoms with Crippen molar-refractivity contribution < 1.29 is 0 Å². The first-order valence-corrected chi connectivity index (χ1v) is 4.69. The fourth-order valence-corrected chi connectivity index (χ4v) is 1.45. The quantitative estimate of drug-likeness (QED) is 0.742. The van der Waals surface area contributed by atoms with Crippen molar-refractivity contribution in [1.29, 1.82) is 0 Å². The zero-order chi connectivity index (χ0) is 9.80. The van der Waals surface area contributed by atoms with Gasteiger partial charge in [-0.3, -0.25) is 5.43 Å². The second kappa shape index (κ2) is 4.07. The van der Waals surface area contributed by atoms with Gasteiger partial charge in [0, 0.05) is 0 Å². The van der Waals surface area contributed by atoms with Gasteiger partial charge >= 0.3 is 0 Å². The number of nitrogens with zero attached hydrogens (tertiary/aromatic N) is 1. The van der Waals surface area contributed by atoms with E-state index in [0.29, 0.717) is 6.54 Å². The zero-order valence-electron chi connectivity index (χ0n) is 7.90. The minimum Gasteiger partial charge on any atom is -0.330 e. The minimum atomic E-state index is 0.653. The van der Waals surface area contributed by atoms with Crippen LogP contribution in [0.4, 0.5) is 5.69 Å². The number of nitrogens with two attached hydrogens (primary N) is 1. The molecule has 1 aromatic carbocycles. The molecular weight excluding hydrogens is 174 g/mol. The highest BCUT2D eigenvalue weighted by molar-refractivity contribution is 5.89. The molecule has 0 amide bonds. The average Bonchev–Trinajstić information content (AvgIpc) is 2.40. The molecule has 3 heteroatoms. The van der Waals surface area contributed by atoms with Crippen LogP contribution in [0.25, 0.3) is 6.08 Å². The Morgan fingerprint density at radius 2 is 2.14 bits per heavy atom. The molecule has 0 unspecified atom stereocenters. The predicted octanol–water partition coefficient (Wildman–Crippen LogP) is 1.83. The van der Waals surface area contributed by atoms with Crippen LogP contribution < -0.4 is 11.2 Å². The first-order valence-electron chi connectivity index (χ1n) is 4.69. The standard InChI is InChI=1S/C11H13N3/c12-6-5-9-7-10-3-1-2-4-11(10)14-13-8-9/h1-4,7-8,14H,5-6,12H2. The van der Waals surface area contributed by atoms with Gasteiger partial charge in [-0.25, -0.2) is 0 Å². The minimum absolute atomic E-state index is 0.653. The van der Waals surface area contributed by atoms with Crippen molar-refractivity contribution >= 4 is 18.0 Å². The van der Waals surface area contributed by atoms with E-state index >= 15 is 0 Å². The molecule has 14 heavy (non-hydrogen) atoms. The predicted molar refractivity (Wildman–Crippen MR) is 60.2 cm³/mol. The van der Waals surface area contributed by atoms with Crippen molar-refractivity contribution in [2.24, 2.45) is 10.8 Å². The Labute approximate surface area is 83.3 Å². The molecule has 3 nitrogen and oxygen atoms in total. The average molecular weight is 187 g/mol. The van der Waals surface area contributed by atoms with Crippen LogP contribution in [0.15, 0.2) is 34.9 Å². The summed E-state index contributed by atoms with van der Waals surface area (Å²) in [5.41, 5.74) is 11.9. The number of anilines is 1. The molecule has 0 bridgehead atoms. The maximum Gasteiger partial charge on any atom is 0.0634 e. The molecule has 0 atom stereocenters. The van der Waals surface area contributed by atoms with Crippen LogP contribution in [-0.4, -0.2) is 12.8 Å². The second-order valence-corrected chi connectivity index (χ2v) is 3.22. The van der Waals surface area contributed by atoms with Crippen LogP contribution in [0.5, 0.6) is 0 Å². The SMILES string of the molecule is NCCC1=Cc2ccccc2NN=C1. The van der Waals surface area contributed by atoms with Crippen LogP contribution in [0, 0.1) is 0 Å². The third-order valence-electron chi connectivity index (χ3n) is 2.15. The number of rotatable bonds is 2. The number of hydrogen-bond donors (Lipinski definition) is 2. The van der Waals surface area contributed by atoms with E-state index in [9.17, 15) is 0 Å². The Kier molecular flexibility index (Phi) is 2.60. The van der Waals surface area contributed by atoms with E-state index in [0.717, 1.165) is 23.2 Å². The smallest absolute Gasteiger partial charge is 0.0634 e. The lowest BCUT2D eigenvalue weighted by Crippen LogP contribution is -2.00. The van der Waals surface area contributed by atoms with Crippen molar-refractivity contribution in [2.45, 2.75) is 6.42 Å². The lowest BCUT2D eigenvalue weighted by Gasteiger charge is -2.01. The summed E-state index contributed by atoms with van der Waals surface area (Å²) >= 11 is 0. The van der Waals surface area contributed by atoms with Gasteiger partial charge in [0.2, 0.25) is 0 Å². The molecule has 1 heterocycles. The van der Waals surface area contributed by atoms with E-state index < -0.39 is 0 Å². The Hall–Kier alpha value is -1.61. The lowest BCUT2D eigenvalue weighted by molar-refractivity contribution is 0.992. The van der Waals surface area contributed by atoms with Gasteiger partial charge in [0.25, 0.3) is 0 Å². The number of hydrazone groups is 1. The van der Waals surface area contributed by atoms with E-state index in [-0.39, 0.29) is 0 Å². The number of nitrogens with one attached hydrogen (secondary N) is 1. The van der Waals surface area contributed by atoms with Gasteiger partial charge in [-0.05, 0) is 36.2 Å². The van der Waals surface area contributed by atoms with Gasteiger partial charge in [-0.15, -0.1) is 0 Å². The third kappa shape index (κ3) is 1.83. The second-order valence-electron chi connectivity index (χ2n) is 3.22. The molecule has 3 N–H and O–H groups in total. The summed E-state index contributed by atoms with van der Waals surface area (Å²) in [6, 6.07) is 8.08. The molecule has 0 radical (unpaired) electrons. The van der Waals surface area contributed by atoms with Crippen molar-refractivity contribution in [2.75, 3.05) is 12.0 Å². The highest BCUT2D eigenvalue weighted by Gasteiger charge is 2.02. The third-order valence-corrected chi connectivity index (χ3v) is 2.15. The van der Waals surface area contributed by atoms with Crippen LogP contribution in [0.1, 0.15) is 12.0 Å². The van der Waals surface area contributed by atoms with Crippen molar-refractivity contribution in [3.63, 3.8) is 0 Å². The fraction of sp³-hybridized carbons (Fsp3) is 0.182. The van der Waals surface area contributed by atoms with E-state index in [1.54, 1.807) is 0 Å². The van der Waals surface area contributed by atoms with Gasteiger partial charge in [-0.1, -0.05) is 18.2 Å². The van der Waals surface area contributed by atoms with Gasteiger partial charge in [0.1, 0.15) is 0 Å². The molecule has 1 aromatic rings. The summed E-state index contributed by atoms with van der Waals surface area (Å²) in [5, 5.41) is 4.11. The van der Waals surface area contributed by atoms with Gasteiger partial charge in [-0.2, -0.15) is 5.10 Å². The zero-order valence-corrected chi connectivity index (χ0v) is 7.90. The van der Waals surface area contributed by atoms with Gasteiger partial charge in [0.05, 0.1) is 11.9 Å².